The lowest BCUT2D eigenvalue weighted by atomic mass is 10.2. The number of ether oxygens (including phenoxy) is 1. The minimum absolute atomic E-state index is 0.0559. The van der Waals surface area contributed by atoms with Gasteiger partial charge < -0.3 is 10.1 Å². The lowest BCUT2D eigenvalue weighted by molar-refractivity contribution is -0.138. The first-order valence-corrected chi connectivity index (χ1v) is 6.91. The van der Waals surface area contributed by atoms with E-state index >= 15 is 0 Å². The van der Waals surface area contributed by atoms with Crippen molar-refractivity contribution in [3.05, 3.63) is 12.2 Å². The molecule has 0 spiro atoms. The fourth-order valence-corrected chi connectivity index (χ4v) is 1.47. The summed E-state index contributed by atoms with van der Waals surface area (Å²) in [6, 6.07) is 0. The van der Waals surface area contributed by atoms with Crippen molar-refractivity contribution in [2.24, 2.45) is 0 Å². The Morgan fingerprint density at radius 3 is 2.56 bits per heavy atom. The van der Waals surface area contributed by atoms with Crippen LogP contribution in [0.4, 0.5) is 0 Å². The molecule has 0 radical (unpaired) electrons. The summed E-state index contributed by atoms with van der Waals surface area (Å²) in [5.41, 5.74) is 0.392. The summed E-state index contributed by atoms with van der Waals surface area (Å²) in [4.78, 5) is 22.4. The maximum atomic E-state index is 11.4. The molecule has 104 valence electrons. The van der Waals surface area contributed by atoms with Crippen LogP contribution in [0.5, 0.6) is 0 Å². The summed E-state index contributed by atoms with van der Waals surface area (Å²) in [5, 5.41) is 2.79. The molecule has 0 aliphatic rings. The minimum atomic E-state index is -0.381. The van der Waals surface area contributed by atoms with Crippen LogP contribution >= 0.6 is 12.6 Å². The fraction of sp³-hybridized carbons (Fsp3) is 0.692. The zero-order valence-electron chi connectivity index (χ0n) is 11.0. The van der Waals surface area contributed by atoms with Crippen molar-refractivity contribution < 1.29 is 14.3 Å². The number of nitrogens with one attached hydrogen (secondary N) is 1. The topological polar surface area (TPSA) is 55.4 Å². The normalized spacial score (nSPS) is 9.89. The number of amides is 1. The van der Waals surface area contributed by atoms with E-state index in [1.165, 1.54) is 0 Å². The van der Waals surface area contributed by atoms with Gasteiger partial charge in [-0.05, 0) is 31.9 Å². The monoisotopic (exact) mass is 273 g/mol. The second-order valence-electron chi connectivity index (χ2n) is 4.15. The maximum absolute atomic E-state index is 11.4. The van der Waals surface area contributed by atoms with E-state index in [2.05, 4.69) is 24.5 Å². The van der Waals surface area contributed by atoms with Gasteiger partial charge in [0, 0.05) is 18.5 Å². The molecule has 1 N–H and O–H groups in total. The molecule has 0 aliphatic carbocycles. The first kappa shape index (κ1) is 17.0. The molecule has 0 rings (SSSR count). The highest BCUT2D eigenvalue weighted by Crippen LogP contribution is 2.00. The number of carbonyl (C=O) groups excluding carboxylic acids is 2. The summed E-state index contributed by atoms with van der Waals surface area (Å²) < 4.78 is 4.90. The quantitative estimate of drug-likeness (QED) is 0.277. The summed E-state index contributed by atoms with van der Waals surface area (Å²) in [6.45, 7) is 5.94. The Balaban J connectivity index is 3.35. The molecular weight excluding hydrogens is 250 g/mol. The standard InChI is InChI=1S/C13H23NO3S/c1-11(2)13(16)17-9-6-8-14-12(15)7-4-3-5-10-18/h18H,1,3-10H2,2H3,(H,14,15). The Morgan fingerprint density at radius 1 is 1.22 bits per heavy atom. The van der Waals surface area contributed by atoms with E-state index in [-0.39, 0.29) is 11.9 Å². The summed E-state index contributed by atoms with van der Waals surface area (Å²) >= 11 is 4.11. The average molecular weight is 273 g/mol. The smallest absolute Gasteiger partial charge is 0.333 e. The number of unbranched alkanes of at least 4 members (excludes halogenated alkanes) is 2. The van der Waals surface area contributed by atoms with Gasteiger partial charge in [-0.3, -0.25) is 4.79 Å². The van der Waals surface area contributed by atoms with Crippen molar-refractivity contribution in [1.82, 2.24) is 5.32 Å². The number of hydrogen-bond acceptors (Lipinski definition) is 4. The largest absolute Gasteiger partial charge is 0.462 e. The molecule has 4 nitrogen and oxygen atoms in total. The number of rotatable bonds is 10. The van der Waals surface area contributed by atoms with Gasteiger partial charge in [-0.25, -0.2) is 4.79 Å². The number of esters is 1. The van der Waals surface area contributed by atoms with E-state index in [0.717, 1.165) is 25.0 Å². The van der Waals surface area contributed by atoms with Crippen LogP contribution in [0.3, 0.4) is 0 Å². The van der Waals surface area contributed by atoms with Crippen LogP contribution < -0.4 is 5.32 Å². The molecule has 0 aliphatic heterocycles. The van der Waals surface area contributed by atoms with Crippen LogP contribution in [-0.4, -0.2) is 30.8 Å². The lowest BCUT2D eigenvalue weighted by Gasteiger charge is -2.06. The fourth-order valence-electron chi connectivity index (χ4n) is 1.25. The van der Waals surface area contributed by atoms with Crippen LogP contribution in [0, 0.1) is 0 Å². The van der Waals surface area contributed by atoms with Gasteiger partial charge in [0.15, 0.2) is 0 Å². The molecule has 0 aromatic carbocycles. The lowest BCUT2D eigenvalue weighted by Crippen LogP contribution is -2.25. The highest BCUT2D eigenvalue weighted by molar-refractivity contribution is 7.80. The van der Waals surface area contributed by atoms with E-state index in [1.807, 2.05) is 0 Å². The van der Waals surface area contributed by atoms with Crippen molar-refractivity contribution in [2.75, 3.05) is 18.9 Å². The van der Waals surface area contributed by atoms with Gasteiger partial charge >= 0.3 is 5.97 Å². The van der Waals surface area contributed by atoms with Crippen molar-refractivity contribution in [3.63, 3.8) is 0 Å². The van der Waals surface area contributed by atoms with E-state index in [9.17, 15) is 9.59 Å². The van der Waals surface area contributed by atoms with Gasteiger partial charge in [-0.1, -0.05) is 13.0 Å². The Morgan fingerprint density at radius 2 is 1.94 bits per heavy atom. The van der Waals surface area contributed by atoms with E-state index in [4.69, 9.17) is 4.74 Å². The molecular formula is C13H23NO3S. The van der Waals surface area contributed by atoms with Crippen LogP contribution in [0.2, 0.25) is 0 Å². The van der Waals surface area contributed by atoms with Gasteiger partial charge in [0.25, 0.3) is 0 Å². The Bertz CT molecular complexity index is 279. The number of carbonyl (C=O) groups is 2. The van der Waals surface area contributed by atoms with Crippen molar-refractivity contribution in [2.45, 2.75) is 39.0 Å². The van der Waals surface area contributed by atoms with Gasteiger partial charge in [0.2, 0.25) is 5.91 Å². The molecule has 0 heterocycles. The molecule has 5 heteroatoms. The summed E-state index contributed by atoms with van der Waals surface area (Å²) in [7, 11) is 0. The Kier molecular flexibility index (Phi) is 10.5. The zero-order chi connectivity index (χ0) is 13.8. The van der Waals surface area contributed by atoms with Crippen LogP contribution in [0.15, 0.2) is 12.2 Å². The molecule has 0 bridgehead atoms. The zero-order valence-corrected chi connectivity index (χ0v) is 11.9. The molecule has 0 aromatic rings. The molecule has 1 amide bonds. The predicted molar refractivity (Wildman–Crippen MR) is 75.7 cm³/mol. The SMILES string of the molecule is C=C(C)C(=O)OCCCNC(=O)CCCCCS. The molecule has 18 heavy (non-hydrogen) atoms. The van der Waals surface area contributed by atoms with Gasteiger partial charge in [0.1, 0.15) is 0 Å². The second-order valence-corrected chi connectivity index (χ2v) is 4.60. The highest BCUT2D eigenvalue weighted by Gasteiger charge is 2.03. The van der Waals surface area contributed by atoms with Gasteiger partial charge in [0.05, 0.1) is 6.61 Å². The number of thiol groups is 1. The molecule has 0 fully saturated rings. The van der Waals surface area contributed by atoms with Crippen molar-refractivity contribution in [3.8, 4) is 0 Å². The van der Waals surface area contributed by atoms with Gasteiger partial charge in [-0.15, -0.1) is 0 Å². The molecule has 0 saturated heterocycles. The predicted octanol–water partition coefficient (Wildman–Crippen LogP) is 2.10. The minimum Gasteiger partial charge on any atom is -0.462 e. The Labute approximate surface area is 115 Å². The highest BCUT2D eigenvalue weighted by atomic mass is 32.1. The van der Waals surface area contributed by atoms with E-state index < -0.39 is 0 Å². The van der Waals surface area contributed by atoms with Crippen LogP contribution in [0.25, 0.3) is 0 Å². The molecule has 0 saturated carbocycles. The van der Waals surface area contributed by atoms with Crippen LogP contribution in [-0.2, 0) is 14.3 Å². The maximum Gasteiger partial charge on any atom is 0.333 e. The average Bonchev–Trinajstić information content (AvgIpc) is 2.33. The van der Waals surface area contributed by atoms with Crippen LogP contribution in [0.1, 0.15) is 39.0 Å². The molecule has 0 atom stereocenters. The summed E-state index contributed by atoms with van der Waals surface area (Å²) in [5.74, 6) is 0.545. The van der Waals surface area contributed by atoms with Gasteiger partial charge in [-0.2, -0.15) is 12.6 Å². The third-order valence-corrected chi connectivity index (χ3v) is 2.60. The second kappa shape index (κ2) is 11.1. The Hall–Kier alpha value is -0.970. The van der Waals surface area contributed by atoms with Crippen molar-refractivity contribution in [1.29, 1.82) is 0 Å². The van der Waals surface area contributed by atoms with E-state index in [1.54, 1.807) is 6.92 Å². The third kappa shape index (κ3) is 10.2. The van der Waals surface area contributed by atoms with E-state index in [0.29, 0.717) is 31.6 Å². The molecule has 0 aromatic heterocycles. The third-order valence-electron chi connectivity index (χ3n) is 2.29. The molecule has 0 unspecified atom stereocenters. The first-order valence-electron chi connectivity index (χ1n) is 6.28. The first-order chi connectivity index (χ1) is 8.57. The number of hydrogen-bond donors (Lipinski definition) is 2. The summed E-state index contributed by atoms with van der Waals surface area (Å²) in [6.07, 6.45) is 4.16. The van der Waals surface area contributed by atoms with Crippen molar-refractivity contribution >= 4 is 24.5 Å².